The van der Waals surface area contributed by atoms with E-state index in [0.717, 1.165) is 29.2 Å². The molecule has 0 spiro atoms. The Labute approximate surface area is 123 Å². The van der Waals surface area contributed by atoms with Crippen LogP contribution in [0.25, 0.3) is 10.8 Å². The van der Waals surface area contributed by atoms with Gasteiger partial charge in [-0.25, -0.2) is 0 Å². The largest absolute Gasteiger partial charge is 0.385 e. The fourth-order valence-corrected chi connectivity index (χ4v) is 5.72. The maximum Gasteiger partial charge on any atom is 0.0938 e. The van der Waals surface area contributed by atoms with Crippen LogP contribution in [-0.2, 0) is 5.60 Å². The number of rotatable bonds is 1. The molecule has 0 radical (unpaired) electrons. The summed E-state index contributed by atoms with van der Waals surface area (Å²) in [7, 11) is 0. The Kier molecular flexibility index (Phi) is 3.00. The molecule has 2 nitrogen and oxygen atoms in total. The zero-order valence-corrected chi connectivity index (χ0v) is 12.3. The van der Waals surface area contributed by atoms with E-state index in [0.29, 0.717) is 10.5 Å². The van der Waals surface area contributed by atoms with Crippen LogP contribution in [0, 0.1) is 0 Å². The molecule has 2 unspecified atom stereocenters. The molecule has 1 aromatic carbocycles. The molecule has 0 saturated carbocycles. The highest BCUT2D eigenvalue weighted by Gasteiger charge is 2.43. The van der Waals surface area contributed by atoms with Gasteiger partial charge in [0, 0.05) is 33.8 Å². The highest BCUT2D eigenvalue weighted by molar-refractivity contribution is 8.00. The molecule has 2 aliphatic rings. The van der Waals surface area contributed by atoms with Gasteiger partial charge in [-0.3, -0.25) is 4.98 Å². The van der Waals surface area contributed by atoms with E-state index < -0.39 is 5.60 Å². The average Bonchev–Trinajstić information content (AvgIpc) is 2.46. The molecule has 2 aromatic rings. The zero-order valence-electron chi connectivity index (χ0n) is 11.5. The Bertz CT molecular complexity index is 624. The summed E-state index contributed by atoms with van der Waals surface area (Å²) in [6.07, 6.45) is 9.36. The van der Waals surface area contributed by atoms with E-state index in [1.165, 1.54) is 19.3 Å². The second-order valence-corrected chi connectivity index (χ2v) is 7.76. The Morgan fingerprint density at radius 3 is 2.65 bits per heavy atom. The summed E-state index contributed by atoms with van der Waals surface area (Å²) >= 11 is 2.10. The number of hydrogen-bond donors (Lipinski definition) is 1. The van der Waals surface area contributed by atoms with Gasteiger partial charge in [-0.15, -0.1) is 0 Å². The minimum absolute atomic E-state index is 0.617. The van der Waals surface area contributed by atoms with Gasteiger partial charge in [-0.05, 0) is 31.1 Å². The number of aliphatic hydroxyl groups is 1. The van der Waals surface area contributed by atoms with E-state index in [9.17, 15) is 5.11 Å². The Hall–Kier alpha value is -1.06. The first-order valence-corrected chi connectivity index (χ1v) is 8.40. The topological polar surface area (TPSA) is 33.1 Å². The zero-order chi connectivity index (χ0) is 13.6. The van der Waals surface area contributed by atoms with Crippen molar-refractivity contribution >= 4 is 22.5 Å². The van der Waals surface area contributed by atoms with Crippen LogP contribution in [0.5, 0.6) is 0 Å². The normalized spacial score (nSPS) is 33.2. The molecule has 3 heterocycles. The summed E-state index contributed by atoms with van der Waals surface area (Å²) in [5, 5.41) is 14.8. The van der Waals surface area contributed by atoms with Crippen molar-refractivity contribution in [2.24, 2.45) is 0 Å². The van der Waals surface area contributed by atoms with Crippen molar-refractivity contribution < 1.29 is 5.11 Å². The fourth-order valence-electron chi connectivity index (χ4n) is 3.83. The van der Waals surface area contributed by atoms with Crippen molar-refractivity contribution in [1.82, 2.24) is 4.98 Å². The number of hydrogen-bond acceptors (Lipinski definition) is 3. The minimum atomic E-state index is -0.686. The minimum Gasteiger partial charge on any atom is -0.385 e. The lowest BCUT2D eigenvalue weighted by Crippen LogP contribution is -2.40. The number of nitrogens with zero attached hydrogens (tertiary/aromatic N) is 1. The molecule has 2 aliphatic heterocycles. The van der Waals surface area contributed by atoms with Crippen LogP contribution in [0.3, 0.4) is 0 Å². The fraction of sp³-hybridized carbons (Fsp3) is 0.471. The van der Waals surface area contributed by atoms with Gasteiger partial charge in [-0.2, -0.15) is 11.8 Å². The third-order valence-electron chi connectivity index (χ3n) is 4.74. The maximum atomic E-state index is 11.3. The van der Waals surface area contributed by atoms with Crippen molar-refractivity contribution in [3.8, 4) is 0 Å². The lowest BCUT2D eigenvalue weighted by atomic mass is 9.79. The number of benzene rings is 1. The first-order valence-electron chi connectivity index (χ1n) is 7.46. The van der Waals surface area contributed by atoms with Gasteiger partial charge in [0.2, 0.25) is 0 Å². The molecular formula is C17H19NOS. The van der Waals surface area contributed by atoms with E-state index in [1.807, 2.05) is 24.5 Å². The third kappa shape index (κ3) is 2.04. The maximum absolute atomic E-state index is 11.3. The number of pyridine rings is 1. The van der Waals surface area contributed by atoms with Gasteiger partial charge < -0.3 is 5.11 Å². The summed E-state index contributed by atoms with van der Waals surface area (Å²) in [5.41, 5.74) is 0.349. The van der Waals surface area contributed by atoms with E-state index in [2.05, 4.69) is 28.9 Å². The summed E-state index contributed by atoms with van der Waals surface area (Å²) in [6, 6.07) is 8.27. The van der Waals surface area contributed by atoms with Crippen LogP contribution >= 0.6 is 11.8 Å². The number of aromatic nitrogens is 1. The van der Waals surface area contributed by atoms with E-state index in [-0.39, 0.29) is 0 Å². The molecular weight excluding hydrogens is 266 g/mol. The van der Waals surface area contributed by atoms with Gasteiger partial charge in [0.25, 0.3) is 0 Å². The van der Waals surface area contributed by atoms with E-state index in [4.69, 9.17) is 0 Å². The van der Waals surface area contributed by atoms with Gasteiger partial charge in [0.05, 0.1) is 5.60 Å². The molecule has 104 valence electrons. The predicted octanol–water partition coefficient (Wildman–Crippen LogP) is 3.87. The molecule has 1 aromatic heterocycles. The average molecular weight is 285 g/mol. The second kappa shape index (κ2) is 4.74. The van der Waals surface area contributed by atoms with Crippen LogP contribution < -0.4 is 0 Å². The molecule has 2 fully saturated rings. The summed E-state index contributed by atoms with van der Waals surface area (Å²) in [4.78, 5) is 4.36. The highest BCUT2D eigenvalue weighted by atomic mass is 32.2. The number of thioether (sulfide) groups is 1. The van der Waals surface area contributed by atoms with Crippen LogP contribution in [0.2, 0.25) is 0 Å². The van der Waals surface area contributed by atoms with Gasteiger partial charge >= 0.3 is 0 Å². The molecule has 1 N–H and O–H groups in total. The molecule has 2 atom stereocenters. The van der Waals surface area contributed by atoms with Crippen LogP contribution in [-0.4, -0.2) is 20.6 Å². The van der Waals surface area contributed by atoms with Crippen molar-refractivity contribution in [1.29, 1.82) is 0 Å². The molecule has 0 aliphatic carbocycles. The lowest BCUT2D eigenvalue weighted by molar-refractivity contribution is 0.00926. The Morgan fingerprint density at radius 1 is 1.10 bits per heavy atom. The standard InChI is InChI=1S/C17H19NOS/c19-17(8-13-5-3-6-14(9-17)20-13)16-11-18-10-12-4-1-2-7-15(12)16/h1-2,4,7,10-11,13-14,19H,3,5-6,8-9H2. The summed E-state index contributed by atoms with van der Waals surface area (Å²) in [5.74, 6) is 0. The molecule has 4 rings (SSSR count). The van der Waals surface area contributed by atoms with Crippen LogP contribution in [0.15, 0.2) is 36.7 Å². The Balaban J connectivity index is 1.81. The van der Waals surface area contributed by atoms with Gasteiger partial charge in [-0.1, -0.05) is 30.7 Å². The summed E-state index contributed by atoms with van der Waals surface area (Å²) in [6.45, 7) is 0. The SMILES string of the molecule is OC1(c2cncc3ccccc23)CC2CCCC(C1)S2. The highest BCUT2D eigenvalue weighted by Crippen LogP contribution is 2.50. The lowest BCUT2D eigenvalue weighted by Gasteiger charge is -2.44. The van der Waals surface area contributed by atoms with Gasteiger partial charge in [0.15, 0.2) is 0 Å². The van der Waals surface area contributed by atoms with Crippen molar-refractivity contribution in [3.63, 3.8) is 0 Å². The van der Waals surface area contributed by atoms with Crippen LogP contribution in [0.1, 0.15) is 37.7 Å². The quantitative estimate of drug-likeness (QED) is 0.863. The first-order chi connectivity index (χ1) is 9.74. The van der Waals surface area contributed by atoms with E-state index in [1.54, 1.807) is 0 Å². The van der Waals surface area contributed by atoms with Crippen LogP contribution in [0.4, 0.5) is 0 Å². The van der Waals surface area contributed by atoms with Crippen molar-refractivity contribution in [3.05, 3.63) is 42.2 Å². The molecule has 20 heavy (non-hydrogen) atoms. The van der Waals surface area contributed by atoms with Gasteiger partial charge in [0.1, 0.15) is 0 Å². The smallest absolute Gasteiger partial charge is 0.0938 e. The molecule has 2 saturated heterocycles. The third-order valence-corrected chi connectivity index (χ3v) is 6.31. The van der Waals surface area contributed by atoms with E-state index >= 15 is 0 Å². The Morgan fingerprint density at radius 2 is 1.85 bits per heavy atom. The molecule has 3 heteroatoms. The predicted molar refractivity (Wildman–Crippen MR) is 83.9 cm³/mol. The second-order valence-electron chi connectivity index (χ2n) is 6.16. The molecule has 2 bridgehead atoms. The summed E-state index contributed by atoms with van der Waals surface area (Å²) < 4.78 is 0. The number of fused-ring (bicyclic) bond motifs is 3. The van der Waals surface area contributed by atoms with Crippen molar-refractivity contribution in [2.75, 3.05) is 0 Å². The molecule has 0 amide bonds. The van der Waals surface area contributed by atoms with Crippen molar-refractivity contribution in [2.45, 2.75) is 48.2 Å². The monoisotopic (exact) mass is 285 g/mol. The first kappa shape index (κ1) is 12.7.